The second-order valence-electron chi connectivity index (χ2n) is 4.21. The van der Waals surface area contributed by atoms with Crippen molar-refractivity contribution in [1.29, 1.82) is 0 Å². The van der Waals surface area contributed by atoms with Crippen molar-refractivity contribution < 1.29 is 9.72 Å². The van der Waals surface area contributed by atoms with Crippen molar-refractivity contribution in [3.8, 4) is 0 Å². The lowest BCUT2D eigenvalue weighted by Crippen LogP contribution is -2.16. The summed E-state index contributed by atoms with van der Waals surface area (Å²) in [5.41, 5.74) is 0.334. The van der Waals surface area contributed by atoms with Crippen molar-refractivity contribution in [2.24, 2.45) is 0 Å². The molecule has 9 heteroatoms. The van der Waals surface area contributed by atoms with Gasteiger partial charge in [-0.25, -0.2) is 4.98 Å². The Balaban J connectivity index is 2.30. The number of carbonyl (C=O) groups excluding carboxylic acids is 1. The Kier molecular flexibility index (Phi) is 4.44. The Morgan fingerprint density at radius 1 is 1.48 bits per heavy atom. The molecule has 0 atom stereocenters. The van der Waals surface area contributed by atoms with Gasteiger partial charge >= 0.3 is 0 Å². The van der Waals surface area contributed by atoms with E-state index in [1.54, 1.807) is 0 Å². The number of anilines is 2. The van der Waals surface area contributed by atoms with Gasteiger partial charge < -0.3 is 10.6 Å². The van der Waals surface area contributed by atoms with Gasteiger partial charge in [-0.05, 0) is 6.42 Å². The molecule has 2 heterocycles. The summed E-state index contributed by atoms with van der Waals surface area (Å²) in [4.78, 5) is 26.4. The molecule has 0 aromatic carbocycles. The topological polar surface area (TPSA) is 126 Å². The van der Waals surface area contributed by atoms with E-state index in [0.717, 1.165) is 12.6 Å². The van der Waals surface area contributed by atoms with E-state index >= 15 is 0 Å². The van der Waals surface area contributed by atoms with Crippen LogP contribution in [0.25, 0.3) is 0 Å². The third kappa shape index (κ3) is 3.53. The molecule has 21 heavy (non-hydrogen) atoms. The maximum Gasteiger partial charge on any atom is 0.288 e. The molecule has 1 amide bonds. The Morgan fingerprint density at radius 2 is 2.29 bits per heavy atom. The fraction of sp³-hybridized carbons (Fsp3) is 0.250. The Bertz CT molecular complexity index is 640. The number of carbonyl (C=O) groups is 1. The number of hydrogen-bond donors (Lipinski definition) is 3. The maximum absolute atomic E-state index is 12.2. The number of aromatic amines is 1. The number of amides is 1. The summed E-state index contributed by atoms with van der Waals surface area (Å²) in [5.74, 6) is -0.186. The fourth-order valence-electron chi connectivity index (χ4n) is 1.63. The summed E-state index contributed by atoms with van der Waals surface area (Å²) in [5, 5.41) is 22.6. The molecule has 2 rings (SSSR count). The predicted octanol–water partition coefficient (Wildman–Crippen LogP) is 1.79. The van der Waals surface area contributed by atoms with E-state index in [0.29, 0.717) is 18.1 Å². The van der Waals surface area contributed by atoms with Crippen LogP contribution in [0.4, 0.5) is 17.2 Å². The van der Waals surface area contributed by atoms with E-state index in [-0.39, 0.29) is 11.3 Å². The van der Waals surface area contributed by atoms with E-state index in [1.807, 2.05) is 6.92 Å². The highest BCUT2D eigenvalue weighted by Gasteiger charge is 2.18. The first kappa shape index (κ1) is 14.4. The van der Waals surface area contributed by atoms with Crippen LogP contribution in [-0.4, -0.2) is 32.6 Å². The van der Waals surface area contributed by atoms with Crippen molar-refractivity contribution in [1.82, 2.24) is 15.2 Å². The lowest BCUT2D eigenvalue weighted by atomic mass is 10.2. The third-order valence-corrected chi connectivity index (χ3v) is 2.63. The molecule has 0 aliphatic heterocycles. The SMILES string of the molecule is CCCNc1ncc([N+](=O)[O-])cc1C(=O)Nc1cn[nH]c1. The molecule has 0 saturated heterocycles. The van der Waals surface area contributed by atoms with E-state index < -0.39 is 10.8 Å². The predicted molar refractivity (Wildman–Crippen MR) is 76.2 cm³/mol. The molecule has 0 spiro atoms. The molecule has 0 aliphatic carbocycles. The molecule has 0 radical (unpaired) electrons. The monoisotopic (exact) mass is 290 g/mol. The number of pyridine rings is 1. The second-order valence-corrected chi connectivity index (χ2v) is 4.21. The molecular weight excluding hydrogens is 276 g/mol. The molecule has 110 valence electrons. The highest BCUT2D eigenvalue weighted by molar-refractivity contribution is 6.07. The minimum atomic E-state index is -0.592. The zero-order valence-corrected chi connectivity index (χ0v) is 11.3. The maximum atomic E-state index is 12.2. The van der Waals surface area contributed by atoms with Crippen LogP contribution in [0, 0.1) is 10.1 Å². The summed E-state index contributed by atoms with van der Waals surface area (Å²) in [6.07, 6.45) is 4.89. The summed E-state index contributed by atoms with van der Waals surface area (Å²) < 4.78 is 0. The molecule has 0 aliphatic rings. The lowest BCUT2D eigenvalue weighted by Gasteiger charge is -2.09. The quantitative estimate of drug-likeness (QED) is 0.550. The van der Waals surface area contributed by atoms with E-state index in [1.165, 1.54) is 18.5 Å². The number of aromatic nitrogens is 3. The van der Waals surface area contributed by atoms with Crippen molar-refractivity contribution in [2.45, 2.75) is 13.3 Å². The molecule has 0 unspecified atom stereocenters. The van der Waals surface area contributed by atoms with Crippen LogP contribution >= 0.6 is 0 Å². The average molecular weight is 290 g/mol. The van der Waals surface area contributed by atoms with Gasteiger partial charge in [0.1, 0.15) is 12.0 Å². The Morgan fingerprint density at radius 3 is 2.90 bits per heavy atom. The molecular formula is C12H14N6O3. The molecule has 2 aromatic rings. The van der Waals surface area contributed by atoms with Crippen LogP contribution in [0.1, 0.15) is 23.7 Å². The van der Waals surface area contributed by atoms with Crippen LogP contribution in [0.3, 0.4) is 0 Å². The van der Waals surface area contributed by atoms with Gasteiger partial charge in [-0.15, -0.1) is 0 Å². The van der Waals surface area contributed by atoms with Crippen LogP contribution in [-0.2, 0) is 0 Å². The van der Waals surface area contributed by atoms with Gasteiger partial charge in [-0.1, -0.05) is 6.92 Å². The number of nitrogens with zero attached hydrogens (tertiary/aromatic N) is 3. The van der Waals surface area contributed by atoms with Crippen molar-refractivity contribution in [2.75, 3.05) is 17.2 Å². The van der Waals surface area contributed by atoms with Crippen molar-refractivity contribution in [3.63, 3.8) is 0 Å². The summed E-state index contributed by atoms with van der Waals surface area (Å²) in [6, 6.07) is 1.19. The van der Waals surface area contributed by atoms with E-state index in [2.05, 4.69) is 25.8 Å². The Labute approximate surface area is 119 Å². The summed E-state index contributed by atoms with van der Waals surface area (Å²) >= 11 is 0. The zero-order valence-electron chi connectivity index (χ0n) is 11.3. The second kappa shape index (κ2) is 6.46. The average Bonchev–Trinajstić information content (AvgIpc) is 2.97. The minimum absolute atomic E-state index is 0.110. The molecule has 3 N–H and O–H groups in total. The molecule has 0 saturated carbocycles. The van der Waals surface area contributed by atoms with E-state index in [9.17, 15) is 14.9 Å². The van der Waals surface area contributed by atoms with Crippen LogP contribution in [0.2, 0.25) is 0 Å². The standard InChI is InChI=1S/C12H14N6O3/c1-2-3-13-11-10(4-9(7-14-11)18(20)21)12(19)17-8-5-15-16-6-8/h4-7H,2-3H2,1H3,(H,13,14)(H,15,16)(H,17,19). The summed E-state index contributed by atoms with van der Waals surface area (Å²) in [7, 11) is 0. The smallest absolute Gasteiger partial charge is 0.288 e. The third-order valence-electron chi connectivity index (χ3n) is 2.63. The van der Waals surface area contributed by atoms with Crippen LogP contribution in [0.15, 0.2) is 24.7 Å². The largest absolute Gasteiger partial charge is 0.369 e. The number of nitro groups is 1. The number of nitrogens with one attached hydrogen (secondary N) is 3. The molecule has 2 aromatic heterocycles. The molecule has 0 fully saturated rings. The van der Waals surface area contributed by atoms with Crippen molar-refractivity contribution >= 4 is 23.1 Å². The van der Waals surface area contributed by atoms with Crippen LogP contribution in [0.5, 0.6) is 0 Å². The van der Waals surface area contributed by atoms with Gasteiger partial charge in [0.25, 0.3) is 11.6 Å². The number of hydrogen-bond acceptors (Lipinski definition) is 6. The number of H-pyrrole nitrogens is 1. The first-order valence-electron chi connectivity index (χ1n) is 6.30. The fourth-order valence-corrected chi connectivity index (χ4v) is 1.63. The van der Waals surface area contributed by atoms with E-state index in [4.69, 9.17) is 0 Å². The Hall–Kier alpha value is -2.97. The van der Waals surface area contributed by atoms with Crippen LogP contribution < -0.4 is 10.6 Å². The number of rotatable bonds is 6. The normalized spacial score (nSPS) is 10.1. The first-order valence-corrected chi connectivity index (χ1v) is 6.30. The van der Waals surface area contributed by atoms with Gasteiger partial charge in [-0.2, -0.15) is 5.10 Å². The highest BCUT2D eigenvalue weighted by atomic mass is 16.6. The lowest BCUT2D eigenvalue weighted by molar-refractivity contribution is -0.385. The van der Waals surface area contributed by atoms with Gasteiger partial charge in [0.15, 0.2) is 0 Å². The van der Waals surface area contributed by atoms with Gasteiger partial charge in [0.05, 0.1) is 22.4 Å². The van der Waals surface area contributed by atoms with Gasteiger partial charge in [0.2, 0.25) is 0 Å². The summed E-state index contributed by atoms with van der Waals surface area (Å²) in [6.45, 7) is 2.57. The van der Waals surface area contributed by atoms with Gasteiger partial charge in [0, 0.05) is 18.8 Å². The van der Waals surface area contributed by atoms with Crippen molar-refractivity contribution in [3.05, 3.63) is 40.3 Å². The highest BCUT2D eigenvalue weighted by Crippen LogP contribution is 2.20. The van der Waals surface area contributed by atoms with Gasteiger partial charge in [-0.3, -0.25) is 20.0 Å². The zero-order chi connectivity index (χ0) is 15.2. The first-order chi connectivity index (χ1) is 10.1. The minimum Gasteiger partial charge on any atom is -0.369 e. The molecule has 9 nitrogen and oxygen atoms in total. The molecule has 0 bridgehead atoms.